The van der Waals surface area contributed by atoms with Gasteiger partial charge < -0.3 is 5.32 Å². The van der Waals surface area contributed by atoms with Gasteiger partial charge in [0.1, 0.15) is 0 Å². The largest absolute Gasteiger partial charge is 0.391 e. The summed E-state index contributed by atoms with van der Waals surface area (Å²) in [7, 11) is 0. The quantitative estimate of drug-likeness (QED) is 0.559. The minimum atomic E-state index is 1.12. The summed E-state index contributed by atoms with van der Waals surface area (Å²) in [5.41, 5.74) is 0. The van der Waals surface area contributed by atoms with E-state index in [1.807, 2.05) is 19.2 Å². The monoisotopic (exact) mass is 127 g/mol. The Morgan fingerprint density at radius 3 is 2.67 bits per heavy atom. The predicted octanol–water partition coefficient (Wildman–Crippen LogP) is 2.30. The molecule has 54 valence electrons. The molecule has 0 spiro atoms. The lowest BCUT2D eigenvalue weighted by molar-refractivity contribution is 0.683. The van der Waals surface area contributed by atoms with Crippen molar-refractivity contribution in [3.8, 4) is 0 Å². The average Bonchev–Trinajstić information content (AvgIpc) is 1.89. The molecule has 1 N–H and O–H groups in total. The van der Waals surface area contributed by atoms with E-state index in [0.29, 0.717) is 0 Å². The molecule has 0 bridgehead atoms. The van der Waals surface area contributed by atoms with Gasteiger partial charge in [-0.3, -0.25) is 0 Å². The molecule has 0 radical (unpaired) electrons. The summed E-state index contributed by atoms with van der Waals surface area (Å²) in [6.07, 6.45) is 7.95. The Hall–Kier alpha value is -0.460. The van der Waals surface area contributed by atoms with Gasteiger partial charge in [-0.1, -0.05) is 25.8 Å². The van der Waals surface area contributed by atoms with Crippen molar-refractivity contribution in [3.05, 3.63) is 12.3 Å². The molecule has 0 heterocycles. The lowest BCUT2D eigenvalue weighted by Gasteiger charge is -1.96. The Morgan fingerprint density at radius 1 is 1.33 bits per heavy atom. The second-order valence-corrected chi connectivity index (χ2v) is 2.16. The van der Waals surface area contributed by atoms with Crippen LogP contribution >= 0.6 is 0 Å². The molecule has 0 saturated carbocycles. The molecule has 0 aliphatic carbocycles. The second-order valence-electron chi connectivity index (χ2n) is 2.16. The minimum absolute atomic E-state index is 1.12. The van der Waals surface area contributed by atoms with Gasteiger partial charge in [-0.25, -0.2) is 0 Å². The molecule has 0 aromatic rings. The SMILES string of the molecule is CC=CNCCCCC. The lowest BCUT2D eigenvalue weighted by atomic mass is 10.2. The van der Waals surface area contributed by atoms with Crippen molar-refractivity contribution < 1.29 is 0 Å². The molecular formula is C8H17N. The van der Waals surface area contributed by atoms with Crippen LogP contribution in [0.3, 0.4) is 0 Å². The van der Waals surface area contributed by atoms with Crippen molar-refractivity contribution in [2.24, 2.45) is 0 Å². The molecule has 9 heavy (non-hydrogen) atoms. The van der Waals surface area contributed by atoms with Gasteiger partial charge in [0.2, 0.25) is 0 Å². The van der Waals surface area contributed by atoms with Crippen molar-refractivity contribution >= 4 is 0 Å². The van der Waals surface area contributed by atoms with Crippen LogP contribution in [0.2, 0.25) is 0 Å². The first kappa shape index (κ1) is 8.54. The summed E-state index contributed by atoms with van der Waals surface area (Å²) < 4.78 is 0. The van der Waals surface area contributed by atoms with Crippen LogP contribution in [0.5, 0.6) is 0 Å². The van der Waals surface area contributed by atoms with Crippen LogP contribution in [-0.2, 0) is 0 Å². The van der Waals surface area contributed by atoms with Crippen LogP contribution in [0.4, 0.5) is 0 Å². The molecule has 0 rings (SSSR count). The first-order valence-electron chi connectivity index (χ1n) is 3.76. The van der Waals surface area contributed by atoms with E-state index in [1.165, 1.54) is 19.3 Å². The molecular weight excluding hydrogens is 110 g/mol. The Balaban J connectivity index is 2.75. The fourth-order valence-corrected chi connectivity index (χ4v) is 0.678. The van der Waals surface area contributed by atoms with E-state index in [1.54, 1.807) is 0 Å². The maximum Gasteiger partial charge on any atom is 0.0141 e. The van der Waals surface area contributed by atoms with Gasteiger partial charge in [0.05, 0.1) is 0 Å². The summed E-state index contributed by atoms with van der Waals surface area (Å²) in [6.45, 7) is 5.36. The summed E-state index contributed by atoms with van der Waals surface area (Å²) in [5.74, 6) is 0. The van der Waals surface area contributed by atoms with Crippen LogP contribution < -0.4 is 5.32 Å². The Labute approximate surface area is 58.2 Å². The third kappa shape index (κ3) is 7.54. The molecule has 0 aliphatic heterocycles. The van der Waals surface area contributed by atoms with E-state index >= 15 is 0 Å². The van der Waals surface area contributed by atoms with Crippen LogP contribution in [-0.4, -0.2) is 6.54 Å². The fraction of sp³-hybridized carbons (Fsp3) is 0.750. The normalized spacial score (nSPS) is 10.4. The number of allylic oxidation sites excluding steroid dienone is 1. The standard InChI is InChI=1S/C8H17N/c1-3-5-6-8-9-7-4-2/h4,7,9H,3,5-6,8H2,1-2H3. The third-order valence-corrected chi connectivity index (χ3v) is 1.21. The van der Waals surface area contributed by atoms with Gasteiger partial charge in [-0.05, 0) is 19.5 Å². The number of unbranched alkanes of at least 4 members (excludes halogenated alkanes) is 2. The van der Waals surface area contributed by atoms with Crippen LogP contribution in [0.15, 0.2) is 12.3 Å². The van der Waals surface area contributed by atoms with E-state index in [9.17, 15) is 0 Å². The van der Waals surface area contributed by atoms with E-state index in [0.717, 1.165) is 6.54 Å². The van der Waals surface area contributed by atoms with Gasteiger partial charge in [-0.15, -0.1) is 0 Å². The molecule has 0 unspecified atom stereocenters. The minimum Gasteiger partial charge on any atom is -0.391 e. The summed E-state index contributed by atoms with van der Waals surface area (Å²) in [5, 5.41) is 3.19. The van der Waals surface area contributed by atoms with Gasteiger partial charge in [0.25, 0.3) is 0 Å². The van der Waals surface area contributed by atoms with Crippen molar-refractivity contribution in [2.75, 3.05) is 6.54 Å². The summed E-state index contributed by atoms with van der Waals surface area (Å²) in [4.78, 5) is 0. The zero-order valence-electron chi connectivity index (χ0n) is 6.48. The van der Waals surface area contributed by atoms with Gasteiger partial charge in [-0.2, -0.15) is 0 Å². The lowest BCUT2D eigenvalue weighted by Crippen LogP contribution is -2.05. The zero-order valence-corrected chi connectivity index (χ0v) is 6.48. The first-order valence-corrected chi connectivity index (χ1v) is 3.76. The van der Waals surface area contributed by atoms with Crippen LogP contribution in [0.25, 0.3) is 0 Å². The van der Waals surface area contributed by atoms with Crippen molar-refractivity contribution in [3.63, 3.8) is 0 Å². The van der Waals surface area contributed by atoms with Gasteiger partial charge >= 0.3 is 0 Å². The van der Waals surface area contributed by atoms with Crippen molar-refractivity contribution in [2.45, 2.75) is 33.1 Å². The van der Waals surface area contributed by atoms with E-state index < -0.39 is 0 Å². The maximum atomic E-state index is 3.19. The summed E-state index contributed by atoms with van der Waals surface area (Å²) in [6, 6.07) is 0. The molecule has 0 aromatic carbocycles. The molecule has 0 aliphatic rings. The second kappa shape index (κ2) is 7.54. The molecule has 0 fully saturated rings. The van der Waals surface area contributed by atoms with Gasteiger partial charge in [0, 0.05) is 6.54 Å². The van der Waals surface area contributed by atoms with Crippen LogP contribution in [0.1, 0.15) is 33.1 Å². The van der Waals surface area contributed by atoms with Gasteiger partial charge in [0.15, 0.2) is 0 Å². The Morgan fingerprint density at radius 2 is 2.11 bits per heavy atom. The molecule has 0 amide bonds. The first-order chi connectivity index (χ1) is 4.41. The van der Waals surface area contributed by atoms with Crippen molar-refractivity contribution in [1.82, 2.24) is 5.32 Å². The molecule has 0 aromatic heterocycles. The smallest absolute Gasteiger partial charge is 0.0141 e. The van der Waals surface area contributed by atoms with Crippen LogP contribution in [0, 0.1) is 0 Å². The van der Waals surface area contributed by atoms with Crippen molar-refractivity contribution in [1.29, 1.82) is 0 Å². The predicted molar refractivity (Wildman–Crippen MR) is 42.3 cm³/mol. The van der Waals surface area contributed by atoms with E-state index in [4.69, 9.17) is 0 Å². The molecule has 1 nitrogen and oxygen atoms in total. The maximum absolute atomic E-state index is 3.19. The average molecular weight is 127 g/mol. The third-order valence-electron chi connectivity index (χ3n) is 1.21. The molecule has 0 atom stereocenters. The van der Waals surface area contributed by atoms with E-state index in [2.05, 4.69) is 12.2 Å². The highest BCUT2D eigenvalue weighted by Crippen LogP contribution is 1.90. The number of nitrogens with one attached hydrogen (secondary N) is 1. The highest BCUT2D eigenvalue weighted by molar-refractivity contribution is 4.73. The molecule has 1 heteroatoms. The fourth-order valence-electron chi connectivity index (χ4n) is 0.678. The summed E-state index contributed by atoms with van der Waals surface area (Å²) >= 11 is 0. The van der Waals surface area contributed by atoms with E-state index in [-0.39, 0.29) is 0 Å². The topological polar surface area (TPSA) is 12.0 Å². The Bertz CT molecular complexity index is 67.0. The zero-order chi connectivity index (χ0) is 6.95. The number of rotatable bonds is 5. The Kier molecular flexibility index (Phi) is 7.15. The number of hydrogen-bond acceptors (Lipinski definition) is 1. The highest BCUT2D eigenvalue weighted by Gasteiger charge is 1.80. The number of hydrogen-bond donors (Lipinski definition) is 1. The highest BCUT2D eigenvalue weighted by atomic mass is 14.8. The molecule has 0 saturated heterocycles.